The lowest BCUT2D eigenvalue weighted by Gasteiger charge is -2.15. The van der Waals surface area contributed by atoms with Crippen LogP contribution < -0.4 is 15.8 Å². The number of benzene rings is 2. The first-order chi connectivity index (χ1) is 15.2. The van der Waals surface area contributed by atoms with E-state index in [2.05, 4.69) is 10.3 Å². The highest BCUT2D eigenvalue weighted by molar-refractivity contribution is 6.02. The lowest BCUT2D eigenvalue weighted by molar-refractivity contribution is 0.100. The van der Waals surface area contributed by atoms with Gasteiger partial charge in [0.05, 0.1) is 23.6 Å². The lowest BCUT2D eigenvalue weighted by Crippen LogP contribution is -2.13. The van der Waals surface area contributed by atoms with Gasteiger partial charge in [0.2, 0.25) is 0 Å². The van der Waals surface area contributed by atoms with Gasteiger partial charge in [-0.25, -0.2) is 4.98 Å². The number of aromatic nitrogens is 2. The molecule has 156 valence electrons. The molecule has 0 saturated heterocycles. The van der Waals surface area contributed by atoms with E-state index in [1.807, 2.05) is 42.5 Å². The van der Waals surface area contributed by atoms with E-state index in [9.17, 15) is 4.79 Å². The van der Waals surface area contributed by atoms with Crippen molar-refractivity contribution in [3.8, 4) is 17.0 Å². The number of nitrogens with two attached hydrogens (primary N) is 1. The summed E-state index contributed by atoms with van der Waals surface area (Å²) in [5.41, 5.74) is 8.16. The van der Waals surface area contributed by atoms with Crippen LogP contribution in [0.1, 0.15) is 10.4 Å². The summed E-state index contributed by atoms with van der Waals surface area (Å²) in [5.74, 6) is 0.772. The fourth-order valence-corrected chi connectivity index (χ4v) is 3.25. The topological polar surface area (TPSA) is 99.4 Å². The van der Waals surface area contributed by atoms with Crippen molar-refractivity contribution in [1.29, 1.82) is 0 Å². The zero-order chi connectivity index (χ0) is 21.6. The first-order valence-electron chi connectivity index (χ1n) is 9.78. The molecule has 0 aliphatic rings. The Hall–Kier alpha value is -3.97. The number of hydrogen-bond donors (Lipinski definition) is 2. The summed E-state index contributed by atoms with van der Waals surface area (Å²) >= 11 is 0. The third kappa shape index (κ3) is 4.62. The second-order valence-electron chi connectivity index (χ2n) is 6.86. The van der Waals surface area contributed by atoms with Gasteiger partial charge in [-0.1, -0.05) is 18.2 Å². The normalized spacial score (nSPS) is 10.7. The van der Waals surface area contributed by atoms with Gasteiger partial charge in [0, 0.05) is 30.5 Å². The Morgan fingerprint density at radius 2 is 1.94 bits per heavy atom. The molecular formula is C24H22N4O3. The number of rotatable bonds is 8. The van der Waals surface area contributed by atoms with Crippen LogP contribution in [0.4, 0.5) is 11.5 Å². The van der Waals surface area contributed by atoms with Crippen LogP contribution in [-0.2, 0) is 4.74 Å². The maximum absolute atomic E-state index is 11.9. The molecule has 0 aliphatic heterocycles. The Balaban J connectivity index is 1.83. The SMILES string of the molecule is COCCOc1ccc2cc(-c3cccnc3)nc(Nc3ccccc3C(N)=O)c2c1. The van der Waals surface area contributed by atoms with Crippen LogP contribution in [0.15, 0.2) is 73.1 Å². The van der Waals surface area contributed by atoms with Crippen LogP contribution in [0.3, 0.4) is 0 Å². The molecule has 2 aromatic carbocycles. The minimum absolute atomic E-state index is 0.386. The molecule has 0 bridgehead atoms. The Morgan fingerprint density at radius 3 is 2.71 bits per heavy atom. The summed E-state index contributed by atoms with van der Waals surface area (Å²) in [4.78, 5) is 20.9. The van der Waals surface area contributed by atoms with Gasteiger partial charge in [0.25, 0.3) is 5.91 Å². The maximum Gasteiger partial charge on any atom is 0.250 e. The predicted octanol–water partition coefficient (Wildman–Crippen LogP) is 4.16. The van der Waals surface area contributed by atoms with Crippen molar-refractivity contribution in [1.82, 2.24) is 9.97 Å². The zero-order valence-corrected chi connectivity index (χ0v) is 17.0. The van der Waals surface area contributed by atoms with Crippen LogP contribution in [0.25, 0.3) is 22.0 Å². The van der Waals surface area contributed by atoms with Gasteiger partial charge in [-0.3, -0.25) is 9.78 Å². The molecule has 0 atom stereocenters. The minimum atomic E-state index is -0.514. The van der Waals surface area contributed by atoms with Gasteiger partial charge < -0.3 is 20.5 Å². The van der Waals surface area contributed by atoms with Crippen molar-refractivity contribution in [3.63, 3.8) is 0 Å². The summed E-state index contributed by atoms with van der Waals surface area (Å²) in [5, 5.41) is 5.10. The molecule has 31 heavy (non-hydrogen) atoms. The molecule has 7 nitrogen and oxygen atoms in total. The molecule has 0 radical (unpaired) electrons. The average Bonchev–Trinajstić information content (AvgIpc) is 2.80. The molecule has 4 rings (SSSR count). The molecule has 3 N–H and O–H groups in total. The number of ether oxygens (including phenoxy) is 2. The summed E-state index contributed by atoms with van der Waals surface area (Å²) < 4.78 is 10.8. The fraction of sp³-hybridized carbons (Fsp3) is 0.125. The molecule has 0 spiro atoms. The van der Waals surface area contributed by atoms with Crippen LogP contribution in [0.2, 0.25) is 0 Å². The highest BCUT2D eigenvalue weighted by atomic mass is 16.5. The molecular weight excluding hydrogens is 392 g/mol. The number of para-hydroxylation sites is 1. The second kappa shape index (κ2) is 9.23. The number of amides is 1. The summed E-state index contributed by atoms with van der Waals surface area (Å²) in [7, 11) is 1.63. The molecule has 1 amide bonds. The smallest absolute Gasteiger partial charge is 0.250 e. The molecule has 0 unspecified atom stereocenters. The van der Waals surface area contributed by atoms with E-state index in [0.29, 0.717) is 36.0 Å². The van der Waals surface area contributed by atoms with E-state index in [1.165, 1.54) is 0 Å². The first kappa shape index (κ1) is 20.3. The summed E-state index contributed by atoms with van der Waals surface area (Å²) in [6, 6.07) is 18.7. The fourth-order valence-electron chi connectivity index (χ4n) is 3.25. The zero-order valence-electron chi connectivity index (χ0n) is 17.0. The lowest BCUT2D eigenvalue weighted by atomic mass is 10.1. The number of methoxy groups -OCH3 is 1. The predicted molar refractivity (Wildman–Crippen MR) is 121 cm³/mol. The van der Waals surface area contributed by atoms with Gasteiger partial charge >= 0.3 is 0 Å². The number of anilines is 2. The van der Waals surface area contributed by atoms with Gasteiger partial charge in [0.1, 0.15) is 18.2 Å². The van der Waals surface area contributed by atoms with Crippen molar-refractivity contribution in [2.24, 2.45) is 5.73 Å². The van der Waals surface area contributed by atoms with E-state index < -0.39 is 5.91 Å². The van der Waals surface area contributed by atoms with Crippen LogP contribution >= 0.6 is 0 Å². The Kier molecular flexibility index (Phi) is 6.05. The molecule has 7 heteroatoms. The monoisotopic (exact) mass is 414 g/mol. The van der Waals surface area contributed by atoms with Gasteiger partial charge in [-0.2, -0.15) is 0 Å². The number of nitrogens with one attached hydrogen (secondary N) is 1. The van der Waals surface area contributed by atoms with E-state index >= 15 is 0 Å². The van der Waals surface area contributed by atoms with E-state index in [1.54, 1.807) is 37.7 Å². The Bertz CT molecular complexity index is 1210. The van der Waals surface area contributed by atoms with Crippen LogP contribution in [0, 0.1) is 0 Å². The molecule has 0 fully saturated rings. The van der Waals surface area contributed by atoms with Gasteiger partial charge in [-0.05, 0) is 47.9 Å². The summed E-state index contributed by atoms with van der Waals surface area (Å²) in [6.07, 6.45) is 3.48. The van der Waals surface area contributed by atoms with Gasteiger partial charge in [-0.15, -0.1) is 0 Å². The molecule has 2 aromatic heterocycles. The first-order valence-corrected chi connectivity index (χ1v) is 9.78. The quantitative estimate of drug-likeness (QED) is 0.420. The number of hydrogen-bond acceptors (Lipinski definition) is 6. The highest BCUT2D eigenvalue weighted by Gasteiger charge is 2.13. The molecule has 2 heterocycles. The highest BCUT2D eigenvalue weighted by Crippen LogP contribution is 2.32. The van der Waals surface area contributed by atoms with Crippen molar-refractivity contribution in [2.45, 2.75) is 0 Å². The Labute approximate surface area is 179 Å². The van der Waals surface area contributed by atoms with Gasteiger partial charge in [0.15, 0.2) is 0 Å². The number of pyridine rings is 2. The Morgan fingerprint density at radius 1 is 1.06 bits per heavy atom. The second-order valence-corrected chi connectivity index (χ2v) is 6.86. The third-order valence-electron chi connectivity index (χ3n) is 4.76. The maximum atomic E-state index is 11.9. The third-order valence-corrected chi connectivity index (χ3v) is 4.76. The van der Waals surface area contributed by atoms with Crippen LogP contribution in [-0.4, -0.2) is 36.2 Å². The van der Waals surface area contributed by atoms with Crippen LogP contribution in [0.5, 0.6) is 5.75 Å². The number of primary amides is 1. The minimum Gasteiger partial charge on any atom is -0.491 e. The van der Waals surface area contributed by atoms with Crippen molar-refractivity contribution in [3.05, 3.63) is 78.6 Å². The van der Waals surface area contributed by atoms with E-state index in [4.69, 9.17) is 20.2 Å². The number of carbonyl (C=O) groups excluding carboxylic acids is 1. The van der Waals surface area contributed by atoms with Crippen molar-refractivity contribution < 1.29 is 14.3 Å². The van der Waals surface area contributed by atoms with E-state index in [-0.39, 0.29) is 0 Å². The molecule has 0 aliphatic carbocycles. The van der Waals surface area contributed by atoms with Crippen molar-refractivity contribution >= 4 is 28.2 Å². The largest absolute Gasteiger partial charge is 0.491 e. The summed E-state index contributed by atoms with van der Waals surface area (Å²) in [6.45, 7) is 0.934. The average molecular weight is 414 g/mol. The number of fused-ring (bicyclic) bond motifs is 1. The van der Waals surface area contributed by atoms with Crippen molar-refractivity contribution in [2.75, 3.05) is 25.6 Å². The standard InChI is InChI=1S/C24H22N4O3/c1-30-11-12-31-18-9-8-16-13-22(17-5-4-10-26-15-17)28-24(20(16)14-18)27-21-7-3-2-6-19(21)23(25)29/h2-10,13-15H,11-12H2,1H3,(H2,25,29)(H,27,28). The molecule has 0 saturated carbocycles. The number of nitrogens with zero attached hydrogens (tertiary/aromatic N) is 2. The van der Waals surface area contributed by atoms with E-state index in [0.717, 1.165) is 22.0 Å². The number of carbonyl (C=O) groups is 1. The molecule has 4 aromatic rings.